The summed E-state index contributed by atoms with van der Waals surface area (Å²) in [6.07, 6.45) is 1.33. The Balaban J connectivity index is 1.40. The standard InChI is InChI=1S/C27H23F2N3O4S/c1-2-5-15-6-3-4-7-19(15)35-13-16-10-11-20(36-16)26(34)32-22-21-17(14-8-9-14)12-18(24(28)29)31-27(21)37-23(22)25(30)33/h2-4,6-7,10-12,14,24H,1,5,8-9,13H2,(H2,30,33)(H,32,34). The zero-order valence-electron chi connectivity index (χ0n) is 19.6. The highest BCUT2D eigenvalue weighted by atomic mass is 32.1. The van der Waals surface area contributed by atoms with E-state index >= 15 is 0 Å². The lowest BCUT2D eigenvalue weighted by Crippen LogP contribution is -2.16. The SMILES string of the molecule is C=CCc1ccccc1OCc1ccc(C(=O)Nc2c(C(N)=O)sc3nc(C(F)F)cc(C4CC4)c23)o1. The van der Waals surface area contributed by atoms with Gasteiger partial charge in [-0.1, -0.05) is 24.3 Å². The maximum absolute atomic E-state index is 13.4. The lowest BCUT2D eigenvalue weighted by atomic mass is 10.0. The van der Waals surface area contributed by atoms with Gasteiger partial charge in [-0.2, -0.15) is 0 Å². The third-order valence-corrected chi connectivity index (χ3v) is 7.11. The summed E-state index contributed by atoms with van der Waals surface area (Å²) in [5, 5.41) is 3.18. The van der Waals surface area contributed by atoms with Crippen molar-refractivity contribution in [3.05, 3.63) is 88.3 Å². The molecule has 0 bridgehead atoms. The normalized spacial score (nSPS) is 13.2. The number of fused-ring (bicyclic) bond motifs is 1. The van der Waals surface area contributed by atoms with Gasteiger partial charge in [-0.3, -0.25) is 9.59 Å². The summed E-state index contributed by atoms with van der Waals surface area (Å²) in [6, 6.07) is 12.0. The third-order valence-electron chi connectivity index (χ3n) is 6.01. The van der Waals surface area contributed by atoms with Crippen LogP contribution in [-0.2, 0) is 13.0 Å². The Bertz CT molecular complexity index is 1510. The predicted octanol–water partition coefficient (Wildman–Crippen LogP) is 6.36. The molecule has 2 amide bonds. The second-order valence-corrected chi connectivity index (χ2v) is 9.67. The van der Waals surface area contributed by atoms with Crippen LogP contribution in [0.1, 0.15) is 68.0 Å². The number of pyridine rings is 1. The number of hydrogen-bond acceptors (Lipinski definition) is 6. The van der Waals surface area contributed by atoms with Gasteiger partial charge in [-0.15, -0.1) is 17.9 Å². The van der Waals surface area contributed by atoms with E-state index in [1.807, 2.05) is 24.3 Å². The number of benzene rings is 1. The number of amides is 2. The van der Waals surface area contributed by atoms with Crippen molar-refractivity contribution in [2.24, 2.45) is 5.73 Å². The summed E-state index contributed by atoms with van der Waals surface area (Å²) in [5.41, 5.74) is 6.97. The fourth-order valence-corrected chi connectivity index (χ4v) is 5.16. The summed E-state index contributed by atoms with van der Waals surface area (Å²) in [4.78, 5) is 29.6. The van der Waals surface area contributed by atoms with Crippen molar-refractivity contribution in [2.45, 2.75) is 38.2 Å². The number of ether oxygens (including phenoxy) is 1. The molecule has 0 unspecified atom stereocenters. The molecule has 0 spiro atoms. The first kappa shape index (κ1) is 24.6. The number of halogens is 2. The highest BCUT2D eigenvalue weighted by molar-refractivity contribution is 7.21. The van der Waals surface area contributed by atoms with Gasteiger partial charge in [0.2, 0.25) is 0 Å². The summed E-state index contributed by atoms with van der Waals surface area (Å²) < 4.78 is 38.4. The van der Waals surface area contributed by atoms with Crippen molar-refractivity contribution < 1.29 is 27.5 Å². The summed E-state index contributed by atoms with van der Waals surface area (Å²) >= 11 is 0.885. The number of alkyl halides is 2. The first-order valence-electron chi connectivity index (χ1n) is 11.6. The van der Waals surface area contributed by atoms with E-state index in [9.17, 15) is 18.4 Å². The minimum Gasteiger partial charge on any atom is -0.485 e. The number of nitrogens with one attached hydrogen (secondary N) is 1. The fraction of sp³-hybridized carbons (Fsp3) is 0.222. The number of carbonyl (C=O) groups excluding carboxylic acids is 2. The number of furan rings is 1. The van der Waals surface area contributed by atoms with Crippen molar-refractivity contribution in [2.75, 3.05) is 5.32 Å². The van der Waals surface area contributed by atoms with Crippen molar-refractivity contribution in [1.29, 1.82) is 0 Å². The number of primary amides is 1. The van der Waals surface area contributed by atoms with Crippen LogP contribution in [-0.4, -0.2) is 16.8 Å². The van der Waals surface area contributed by atoms with Crippen LogP contribution in [0.5, 0.6) is 5.75 Å². The van der Waals surface area contributed by atoms with Gasteiger partial charge in [0, 0.05) is 5.39 Å². The summed E-state index contributed by atoms with van der Waals surface area (Å²) in [5.74, 6) is -0.233. The Morgan fingerprint density at radius 3 is 2.76 bits per heavy atom. The van der Waals surface area contributed by atoms with E-state index in [1.54, 1.807) is 12.1 Å². The lowest BCUT2D eigenvalue weighted by Gasteiger charge is -2.10. The molecule has 1 aliphatic carbocycles. The molecule has 0 saturated heterocycles. The van der Waals surface area contributed by atoms with Crippen LogP contribution in [0, 0.1) is 0 Å². The average molecular weight is 524 g/mol. The van der Waals surface area contributed by atoms with Gasteiger partial charge >= 0.3 is 0 Å². The highest BCUT2D eigenvalue weighted by Crippen LogP contribution is 2.48. The van der Waals surface area contributed by atoms with Crippen LogP contribution >= 0.6 is 11.3 Å². The maximum Gasteiger partial charge on any atom is 0.291 e. The molecule has 1 fully saturated rings. The molecule has 37 heavy (non-hydrogen) atoms. The molecule has 3 aromatic heterocycles. The molecule has 3 heterocycles. The molecule has 0 atom stereocenters. The molecule has 7 nitrogen and oxygen atoms in total. The number of thiophene rings is 1. The van der Waals surface area contributed by atoms with Gasteiger partial charge in [0.15, 0.2) is 5.76 Å². The number of nitrogens with zero attached hydrogens (tertiary/aromatic N) is 1. The molecular weight excluding hydrogens is 500 g/mol. The number of rotatable bonds is 10. The number of nitrogens with two attached hydrogens (primary N) is 1. The average Bonchev–Trinajstić information content (AvgIpc) is 3.50. The fourth-order valence-electron chi connectivity index (χ4n) is 4.14. The Labute approximate surface area is 214 Å². The van der Waals surface area contributed by atoms with E-state index in [0.717, 1.165) is 29.7 Å². The smallest absolute Gasteiger partial charge is 0.291 e. The minimum absolute atomic E-state index is 0.00196. The van der Waals surface area contributed by atoms with Crippen molar-refractivity contribution in [1.82, 2.24) is 4.98 Å². The molecule has 3 N–H and O–H groups in total. The Kier molecular flexibility index (Phi) is 6.75. The van der Waals surface area contributed by atoms with Gasteiger partial charge in [0.05, 0.1) is 5.69 Å². The first-order valence-corrected chi connectivity index (χ1v) is 12.4. The molecule has 0 aliphatic heterocycles. The van der Waals surface area contributed by atoms with E-state index in [4.69, 9.17) is 14.9 Å². The Morgan fingerprint density at radius 1 is 1.27 bits per heavy atom. The van der Waals surface area contributed by atoms with Crippen LogP contribution in [0.15, 0.2) is 59.5 Å². The first-order chi connectivity index (χ1) is 17.9. The van der Waals surface area contributed by atoms with Gasteiger partial charge in [-0.05, 0) is 60.6 Å². The second kappa shape index (κ2) is 10.1. The van der Waals surface area contributed by atoms with Gasteiger partial charge in [0.1, 0.15) is 33.5 Å². The number of anilines is 1. The molecule has 0 radical (unpaired) electrons. The van der Waals surface area contributed by atoms with Crippen LogP contribution < -0.4 is 15.8 Å². The molecule has 10 heteroatoms. The van der Waals surface area contributed by atoms with Crippen molar-refractivity contribution in [3.63, 3.8) is 0 Å². The van der Waals surface area contributed by atoms with Gasteiger partial charge in [0.25, 0.3) is 18.2 Å². The maximum atomic E-state index is 13.4. The molecule has 1 saturated carbocycles. The van der Waals surface area contributed by atoms with Crippen LogP contribution in [0.4, 0.5) is 14.5 Å². The molecule has 1 aliphatic rings. The molecular formula is C27H23F2N3O4S. The van der Waals surface area contributed by atoms with E-state index in [0.29, 0.717) is 28.9 Å². The highest BCUT2D eigenvalue weighted by Gasteiger charge is 2.32. The molecule has 5 rings (SSSR count). The summed E-state index contributed by atoms with van der Waals surface area (Å²) in [6.45, 7) is 3.85. The quantitative estimate of drug-likeness (QED) is 0.235. The van der Waals surface area contributed by atoms with Crippen molar-refractivity contribution in [3.8, 4) is 5.75 Å². The van der Waals surface area contributed by atoms with Gasteiger partial charge in [-0.25, -0.2) is 13.8 Å². The number of allylic oxidation sites excluding steroid dienone is 1. The van der Waals surface area contributed by atoms with E-state index in [1.165, 1.54) is 12.1 Å². The zero-order valence-corrected chi connectivity index (χ0v) is 20.4. The topological polar surface area (TPSA) is 107 Å². The largest absolute Gasteiger partial charge is 0.485 e. The van der Waals surface area contributed by atoms with E-state index < -0.39 is 18.2 Å². The molecule has 1 aromatic carbocycles. The van der Waals surface area contributed by atoms with Gasteiger partial charge < -0.3 is 20.2 Å². The summed E-state index contributed by atoms with van der Waals surface area (Å²) in [7, 11) is 0. The second-order valence-electron chi connectivity index (χ2n) is 8.67. The Morgan fingerprint density at radius 2 is 2.05 bits per heavy atom. The molecule has 4 aromatic rings. The van der Waals surface area contributed by atoms with Crippen LogP contribution in [0.25, 0.3) is 10.2 Å². The number of aromatic nitrogens is 1. The van der Waals surface area contributed by atoms with E-state index in [2.05, 4.69) is 16.9 Å². The number of carbonyl (C=O) groups is 2. The minimum atomic E-state index is -2.76. The monoisotopic (exact) mass is 523 g/mol. The lowest BCUT2D eigenvalue weighted by molar-refractivity contribution is 0.0992. The number of para-hydroxylation sites is 1. The van der Waals surface area contributed by atoms with E-state index in [-0.39, 0.29) is 39.4 Å². The van der Waals surface area contributed by atoms with Crippen molar-refractivity contribution >= 4 is 39.1 Å². The number of hydrogen-bond donors (Lipinski definition) is 2. The predicted molar refractivity (Wildman–Crippen MR) is 136 cm³/mol. The third kappa shape index (κ3) is 5.10. The molecule has 190 valence electrons. The van der Waals surface area contributed by atoms with Crippen LogP contribution in [0.3, 0.4) is 0 Å². The van der Waals surface area contributed by atoms with Crippen LogP contribution in [0.2, 0.25) is 0 Å². The Hall–Kier alpha value is -4.05. The zero-order chi connectivity index (χ0) is 26.1.